The zero-order valence-electron chi connectivity index (χ0n) is 8.40. The maximum atomic E-state index is 11.6. The van der Waals surface area contributed by atoms with Crippen LogP contribution in [0.3, 0.4) is 0 Å². The number of rotatable bonds is 4. The Labute approximate surface area is 82.7 Å². The van der Waals surface area contributed by atoms with E-state index in [-0.39, 0.29) is 18.6 Å². The standard InChI is InChI=1S/C9H15N3O2/c1-3-7(6-13)11-9(14)8-4-5-10-12(8)2/h4-5,7,13H,3,6H2,1-2H3,(H,11,14)/t7-/m0/s1. The van der Waals surface area contributed by atoms with Gasteiger partial charge in [-0.1, -0.05) is 6.92 Å². The van der Waals surface area contributed by atoms with Gasteiger partial charge in [0.25, 0.3) is 5.91 Å². The maximum absolute atomic E-state index is 11.6. The van der Waals surface area contributed by atoms with Crippen LogP contribution in [0.15, 0.2) is 12.3 Å². The van der Waals surface area contributed by atoms with Crippen LogP contribution in [0.4, 0.5) is 0 Å². The maximum Gasteiger partial charge on any atom is 0.269 e. The molecule has 0 spiro atoms. The lowest BCUT2D eigenvalue weighted by Crippen LogP contribution is -2.37. The van der Waals surface area contributed by atoms with E-state index in [2.05, 4.69) is 10.4 Å². The minimum atomic E-state index is -0.203. The van der Waals surface area contributed by atoms with E-state index in [1.165, 1.54) is 4.68 Å². The van der Waals surface area contributed by atoms with E-state index in [4.69, 9.17) is 5.11 Å². The fourth-order valence-electron chi connectivity index (χ4n) is 1.13. The van der Waals surface area contributed by atoms with E-state index in [1.807, 2.05) is 6.92 Å². The van der Waals surface area contributed by atoms with Gasteiger partial charge in [-0.2, -0.15) is 5.10 Å². The Hall–Kier alpha value is -1.36. The second kappa shape index (κ2) is 4.76. The van der Waals surface area contributed by atoms with E-state index in [0.29, 0.717) is 12.1 Å². The Balaban J connectivity index is 2.63. The molecule has 0 aromatic carbocycles. The molecule has 1 aromatic heterocycles. The number of amides is 1. The van der Waals surface area contributed by atoms with Gasteiger partial charge in [0.1, 0.15) is 5.69 Å². The van der Waals surface area contributed by atoms with Crippen molar-refractivity contribution in [2.24, 2.45) is 7.05 Å². The topological polar surface area (TPSA) is 67.2 Å². The second-order valence-corrected chi connectivity index (χ2v) is 3.10. The molecule has 0 aliphatic heterocycles. The largest absolute Gasteiger partial charge is 0.394 e. The van der Waals surface area contributed by atoms with Crippen LogP contribution in [-0.4, -0.2) is 33.4 Å². The van der Waals surface area contributed by atoms with Gasteiger partial charge in [-0.25, -0.2) is 0 Å². The highest BCUT2D eigenvalue weighted by Gasteiger charge is 2.13. The Morgan fingerprint density at radius 3 is 2.93 bits per heavy atom. The lowest BCUT2D eigenvalue weighted by atomic mass is 10.2. The first kappa shape index (κ1) is 10.7. The quantitative estimate of drug-likeness (QED) is 0.709. The van der Waals surface area contributed by atoms with Crippen molar-refractivity contribution >= 4 is 5.91 Å². The average Bonchev–Trinajstić information content (AvgIpc) is 2.60. The Morgan fingerprint density at radius 2 is 2.50 bits per heavy atom. The third kappa shape index (κ3) is 2.32. The molecule has 0 fully saturated rings. The van der Waals surface area contributed by atoms with Gasteiger partial charge in [-0.15, -0.1) is 0 Å². The second-order valence-electron chi connectivity index (χ2n) is 3.10. The molecule has 1 atom stereocenters. The summed E-state index contributed by atoms with van der Waals surface area (Å²) >= 11 is 0. The highest BCUT2D eigenvalue weighted by Crippen LogP contribution is 1.98. The third-order valence-corrected chi connectivity index (χ3v) is 2.10. The molecule has 0 saturated heterocycles. The number of aliphatic hydroxyl groups excluding tert-OH is 1. The summed E-state index contributed by atoms with van der Waals surface area (Å²) in [7, 11) is 1.70. The third-order valence-electron chi connectivity index (χ3n) is 2.10. The summed E-state index contributed by atoms with van der Waals surface area (Å²) in [4.78, 5) is 11.6. The number of nitrogens with one attached hydrogen (secondary N) is 1. The van der Waals surface area contributed by atoms with Gasteiger partial charge in [0.15, 0.2) is 0 Å². The SMILES string of the molecule is CC[C@@H](CO)NC(=O)c1ccnn1C. The molecule has 5 nitrogen and oxygen atoms in total. The van der Waals surface area contributed by atoms with Gasteiger partial charge < -0.3 is 10.4 Å². The van der Waals surface area contributed by atoms with Crippen LogP contribution in [0.5, 0.6) is 0 Å². The van der Waals surface area contributed by atoms with Gasteiger partial charge >= 0.3 is 0 Å². The molecule has 1 heterocycles. The van der Waals surface area contributed by atoms with Crippen LogP contribution < -0.4 is 5.32 Å². The molecule has 1 rings (SSSR count). The number of nitrogens with zero attached hydrogens (tertiary/aromatic N) is 2. The van der Waals surface area contributed by atoms with Crippen molar-refractivity contribution in [1.82, 2.24) is 15.1 Å². The molecule has 0 aliphatic rings. The summed E-state index contributed by atoms with van der Waals surface area (Å²) in [5, 5.41) is 15.5. The molecule has 14 heavy (non-hydrogen) atoms. The fraction of sp³-hybridized carbons (Fsp3) is 0.556. The summed E-state index contributed by atoms with van der Waals surface area (Å²) < 4.78 is 1.50. The lowest BCUT2D eigenvalue weighted by Gasteiger charge is -2.13. The summed E-state index contributed by atoms with van der Waals surface area (Å²) in [5.74, 6) is -0.203. The zero-order chi connectivity index (χ0) is 10.6. The number of hydrogen-bond donors (Lipinski definition) is 2. The van der Waals surface area contributed by atoms with Crippen molar-refractivity contribution in [2.75, 3.05) is 6.61 Å². The molecule has 78 valence electrons. The van der Waals surface area contributed by atoms with Crippen molar-refractivity contribution in [3.05, 3.63) is 18.0 Å². The normalized spacial score (nSPS) is 12.5. The van der Waals surface area contributed by atoms with Crippen LogP contribution in [0, 0.1) is 0 Å². The monoisotopic (exact) mass is 197 g/mol. The smallest absolute Gasteiger partial charge is 0.269 e. The number of aliphatic hydroxyl groups is 1. The number of carbonyl (C=O) groups is 1. The summed E-state index contributed by atoms with van der Waals surface area (Å²) in [6.45, 7) is 1.87. The molecule has 2 N–H and O–H groups in total. The van der Waals surface area contributed by atoms with E-state index < -0.39 is 0 Å². The molecule has 1 amide bonds. The number of hydrogen-bond acceptors (Lipinski definition) is 3. The minimum Gasteiger partial charge on any atom is -0.394 e. The van der Waals surface area contributed by atoms with Crippen molar-refractivity contribution in [3.63, 3.8) is 0 Å². The van der Waals surface area contributed by atoms with Crippen LogP contribution in [-0.2, 0) is 7.05 Å². The van der Waals surface area contributed by atoms with Crippen molar-refractivity contribution in [1.29, 1.82) is 0 Å². The van der Waals surface area contributed by atoms with Gasteiger partial charge in [0, 0.05) is 13.2 Å². The van der Waals surface area contributed by atoms with Crippen molar-refractivity contribution in [3.8, 4) is 0 Å². The van der Waals surface area contributed by atoms with Crippen LogP contribution in [0.1, 0.15) is 23.8 Å². The van der Waals surface area contributed by atoms with E-state index in [0.717, 1.165) is 0 Å². The molecule has 0 aliphatic carbocycles. The Morgan fingerprint density at radius 1 is 1.79 bits per heavy atom. The first-order valence-corrected chi connectivity index (χ1v) is 4.58. The van der Waals surface area contributed by atoms with Gasteiger partial charge in [-0.3, -0.25) is 9.48 Å². The molecule has 0 radical (unpaired) electrons. The average molecular weight is 197 g/mol. The number of aryl methyl sites for hydroxylation is 1. The van der Waals surface area contributed by atoms with Crippen LogP contribution in [0.25, 0.3) is 0 Å². The Kier molecular flexibility index (Phi) is 3.64. The number of aromatic nitrogens is 2. The Bertz CT molecular complexity index is 305. The lowest BCUT2D eigenvalue weighted by molar-refractivity contribution is 0.0905. The van der Waals surface area contributed by atoms with Crippen molar-refractivity contribution < 1.29 is 9.90 Å². The highest BCUT2D eigenvalue weighted by atomic mass is 16.3. The molecular weight excluding hydrogens is 182 g/mol. The number of carbonyl (C=O) groups excluding carboxylic acids is 1. The van der Waals surface area contributed by atoms with E-state index >= 15 is 0 Å². The molecule has 0 saturated carbocycles. The minimum absolute atomic E-state index is 0.0416. The van der Waals surface area contributed by atoms with Gasteiger partial charge in [-0.05, 0) is 12.5 Å². The summed E-state index contributed by atoms with van der Waals surface area (Å²) in [6, 6.07) is 1.46. The van der Waals surface area contributed by atoms with E-state index in [9.17, 15) is 4.79 Å². The van der Waals surface area contributed by atoms with Gasteiger partial charge in [0.2, 0.25) is 0 Å². The summed E-state index contributed by atoms with van der Waals surface area (Å²) in [6.07, 6.45) is 2.27. The first-order chi connectivity index (χ1) is 6.69. The highest BCUT2D eigenvalue weighted by molar-refractivity contribution is 5.92. The predicted octanol–water partition coefficient (Wildman–Crippen LogP) is -0.0792. The van der Waals surface area contributed by atoms with Crippen molar-refractivity contribution in [2.45, 2.75) is 19.4 Å². The molecule has 0 bridgehead atoms. The predicted molar refractivity (Wildman–Crippen MR) is 51.8 cm³/mol. The van der Waals surface area contributed by atoms with Crippen LogP contribution >= 0.6 is 0 Å². The van der Waals surface area contributed by atoms with Gasteiger partial charge in [0.05, 0.1) is 12.6 Å². The molecule has 0 unspecified atom stereocenters. The molecule has 1 aromatic rings. The molecule has 5 heteroatoms. The fourth-order valence-corrected chi connectivity index (χ4v) is 1.13. The zero-order valence-corrected chi connectivity index (χ0v) is 8.40. The van der Waals surface area contributed by atoms with Crippen LogP contribution in [0.2, 0.25) is 0 Å². The van der Waals surface area contributed by atoms with E-state index in [1.54, 1.807) is 19.3 Å². The molecular formula is C9H15N3O2. The summed E-state index contributed by atoms with van der Waals surface area (Å²) in [5.41, 5.74) is 0.497. The first-order valence-electron chi connectivity index (χ1n) is 4.58.